The van der Waals surface area contributed by atoms with Gasteiger partial charge in [0, 0.05) is 38.0 Å². The summed E-state index contributed by atoms with van der Waals surface area (Å²) >= 11 is 0.138. The fraction of sp³-hybridized carbons (Fsp3) is 0.538. The van der Waals surface area contributed by atoms with Crippen LogP contribution in [-0.4, -0.2) is 52.2 Å². The van der Waals surface area contributed by atoms with Crippen molar-refractivity contribution in [1.29, 1.82) is 0 Å². The Morgan fingerprint density at radius 3 is 1.30 bits per heavy atom. The Balaban J connectivity index is 1.45. The zero-order chi connectivity index (χ0) is 20.2. The van der Waals surface area contributed by atoms with Crippen LogP contribution < -0.4 is 0 Å². The van der Waals surface area contributed by atoms with Crippen LogP contribution in [0.25, 0.3) is 0 Å². The Bertz CT molecular complexity index is 706. The summed E-state index contributed by atoms with van der Waals surface area (Å²) in [4.78, 5) is 0. The number of hydrogen-bond donors (Lipinski definition) is 0. The molecule has 5 rings (SSSR count). The molecule has 0 aliphatic carbocycles. The molecule has 2 aromatic carbocycles. The molecule has 3 aliphatic heterocycles. The second-order valence-electron chi connectivity index (χ2n) is 9.11. The molecule has 30 heavy (non-hydrogen) atoms. The smallest absolute Gasteiger partial charge is 0.0881 e. The molecular formula is C26H36N3S+. The molecular weight excluding hydrogens is 386 g/mol. The van der Waals surface area contributed by atoms with Crippen LogP contribution in [0.1, 0.15) is 61.5 Å². The minimum absolute atomic E-state index is 0.138. The van der Waals surface area contributed by atoms with Crippen molar-refractivity contribution < 1.29 is 0 Å². The maximum Gasteiger partial charge on any atom is 0.268 e. The fourth-order valence-electron chi connectivity index (χ4n) is 5.52. The third-order valence-electron chi connectivity index (χ3n) is 7.06. The van der Waals surface area contributed by atoms with Crippen LogP contribution in [0.4, 0.5) is 0 Å². The maximum atomic E-state index is 2.87. The first-order valence-electron chi connectivity index (χ1n) is 12.0. The summed E-state index contributed by atoms with van der Waals surface area (Å²) < 4.78 is 8.54. The number of rotatable bonds is 5. The molecule has 0 bridgehead atoms. The highest BCUT2D eigenvalue weighted by atomic mass is 32.2. The van der Waals surface area contributed by atoms with E-state index in [0.29, 0.717) is 11.8 Å². The summed E-state index contributed by atoms with van der Waals surface area (Å²) in [6.45, 7) is 7.48. The third-order valence-corrected chi connectivity index (χ3v) is 9.48. The summed E-state index contributed by atoms with van der Waals surface area (Å²) in [5, 5.41) is 0. The van der Waals surface area contributed by atoms with Gasteiger partial charge in [0.05, 0.1) is 13.1 Å². The Labute approximate surface area is 185 Å². The van der Waals surface area contributed by atoms with Crippen molar-refractivity contribution in [3.05, 3.63) is 71.8 Å². The van der Waals surface area contributed by atoms with Gasteiger partial charge in [-0.2, -0.15) is 0 Å². The highest BCUT2D eigenvalue weighted by Crippen LogP contribution is 2.42. The third kappa shape index (κ3) is 4.47. The van der Waals surface area contributed by atoms with Gasteiger partial charge in [0.25, 0.3) is 11.5 Å². The van der Waals surface area contributed by atoms with Crippen LogP contribution in [0.2, 0.25) is 0 Å². The Morgan fingerprint density at radius 1 is 0.500 bits per heavy atom. The highest BCUT2D eigenvalue weighted by molar-refractivity contribution is 7.90. The standard InChI is InChI=1S/C26H36N3S/c1-5-13-23(14-6-1)25-21-29(22-26(25)24-15-7-2-8-16-24)30(27-17-9-3-10-18-27)28-19-11-4-12-20-28/h1-2,5-8,13-16,25-26H,3-4,9-12,17-22H2/q+1/t25-,26-/m0/s1. The molecule has 3 saturated heterocycles. The summed E-state index contributed by atoms with van der Waals surface area (Å²) in [5.74, 6) is 1.16. The van der Waals surface area contributed by atoms with Gasteiger partial charge in [-0.25, -0.2) is 0 Å². The predicted octanol–water partition coefficient (Wildman–Crippen LogP) is 5.20. The zero-order valence-corrected chi connectivity index (χ0v) is 19.0. The molecule has 160 valence electrons. The first kappa shape index (κ1) is 20.6. The van der Waals surface area contributed by atoms with Crippen LogP contribution >= 0.6 is 0 Å². The lowest BCUT2D eigenvalue weighted by Crippen LogP contribution is -2.55. The number of benzene rings is 2. The molecule has 4 heteroatoms. The molecule has 3 aliphatic rings. The fourth-order valence-corrected chi connectivity index (χ4v) is 8.26. The lowest BCUT2D eigenvalue weighted by atomic mass is 9.84. The van der Waals surface area contributed by atoms with E-state index in [2.05, 4.69) is 73.6 Å². The molecule has 2 aromatic rings. The van der Waals surface area contributed by atoms with E-state index in [1.165, 1.54) is 88.9 Å². The summed E-state index contributed by atoms with van der Waals surface area (Å²) in [6, 6.07) is 22.6. The Hall–Kier alpha value is -1.33. The van der Waals surface area contributed by atoms with Crippen molar-refractivity contribution in [2.45, 2.75) is 50.4 Å². The van der Waals surface area contributed by atoms with Gasteiger partial charge in [0.15, 0.2) is 0 Å². The van der Waals surface area contributed by atoms with Gasteiger partial charge < -0.3 is 0 Å². The van der Waals surface area contributed by atoms with E-state index in [9.17, 15) is 0 Å². The second-order valence-corrected chi connectivity index (χ2v) is 11.1. The Morgan fingerprint density at radius 2 is 0.900 bits per heavy atom. The number of hydrogen-bond acceptors (Lipinski definition) is 3. The molecule has 0 saturated carbocycles. The zero-order valence-electron chi connectivity index (χ0n) is 18.2. The van der Waals surface area contributed by atoms with E-state index in [-0.39, 0.29) is 11.5 Å². The number of nitrogens with zero attached hydrogens (tertiary/aromatic N) is 3. The van der Waals surface area contributed by atoms with Gasteiger partial charge >= 0.3 is 0 Å². The van der Waals surface area contributed by atoms with Crippen LogP contribution in [0.3, 0.4) is 0 Å². The summed E-state index contributed by atoms with van der Waals surface area (Å²) in [7, 11) is 0. The topological polar surface area (TPSA) is 9.72 Å². The monoisotopic (exact) mass is 422 g/mol. The molecule has 0 spiro atoms. The van der Waals surface area contributed by atoms with Crippen molar-refractivity contribution in [2.75, 3.05) is 39.3 Å². The molecule has 0 amide bonds. The minimum atomic E-state index is 0.138. The molecule has 3 heterocycles. The van der Waals surface area contributed by atoms with E-state index in [1.54, 1.807) is 0 Å². The first-order valence-corrected chi connectivity index (χ1v) is 13.1. The lowest BCUT2D eigenvalue weighted by molar-refractivity contribution is 0.292. The SMILES string of the molecule is c1ccc([C@@H]2CN([S+](N3CCCCC3)N3CCCCC3)C[C@H]2c2ccccc2)cc1. The normalized spacial score (nSPS) is 27.0. The molecule has 0 radical (unpaired) electrons. The molecule has 3 nitrogen and oxygen atoms in total. The maximum absolute atomic E-state index is 2.87. The first-order chi connectivity index (χ1) is 14.9. The Kier molecular flexibility index (Phi) is 6.76. The van der Waals surface area contributed by atoms with Gasteiger partial charge in [-0.1, -0.05) is 86.4 Å². The van der Waals surface area contributed by atoms with Gasteiger partial charge in [0.1, 0.15) is 0 Å². The predicted molar refractivity (Wildman–Crippen MR) is 128 cm³/mol. The van der Waals surface area contributed by atoms with E-state index in [1.807, 2.05) is 0 Å². The van der Waals surface area contributed by atoms with Crippen LogP contribution in [0, 0.1) is 0 Å². The largest absolute Gasteiger partial charge is 0.268 e. The second kappa shape index (κ2) is 9.86. The van der Waals surface area contributed by atoms with E-state index < -0.39 is 0 Å². The van der Waals surface area contributed by atoms with Crippen molar-refractivity contribution in [2.24, 2.45) is 0 Å². The molecule has 0 aromatic heterocycles. The van der Waals surface area contributed by atoms with Gasteiger partial charge in [-0.05, 0) is 36.8 Å². The molecule has 3 fully saturated rings. The van der Waals surface area contributed by atoms with Crippen molar-refractivity contribution >= 4 is 11.5 Å². The van der Waals surface area contributed by atoms with Gasteiger partial charge in [-0.15, -0.1) is 0 Å². The average molecular weight is 423 g/mol. The van der Waals surface area contributed by atoms with Crippen molar-refractivity contribution in [3.8, 4) is 0 Å². The molecule has 2 atom stereocenters. The van der Waals surface area contributed by atoms with E-state index in [4.69, 9.17) is 0 Å². The summed E-state index contributed by atoms with van der Waals surface area (Å²) in [6.07, 6.45) is 8.30. The van der Waals surface area contributed by atoms with E-state index in [0.717, 1.165) is 0 Å². The molecule has 0 N–H and O–H groups in total. The van der Waals surface area contributed by atoms with Crippen LogP contribution in [0.5, 0.6) is 0 Å². The van der Waals surface area contributed by atoms with Crippen LogP contribution in [-0.2, 0) is 11.5 Å². The van der Waals surface area contributed by atoms with Crippen molar-refractivity contribution in [3.63, 3.8) is 0 Å². The van der Waals surface area contributed by atoms with E-state index >= 15 is 0 Å². The van der Waals surface area contributed by atoms with Gasteiger partial charge in [-0.3, -0.25) is 0 Å². The quantitative estimate of drug-likeness (QED) is 0.613. The molecule has 0 unspecified atom stereocenters. The lowest BCUT2D eigenvalue weighted by Gasteiger charge is -2.35. The highest BCUT2D eigenvalue weighted by Gasteiger charge is 2.50. The van der Waals surface area contributed by atoms with Crippen LogP contribution in [0.15, 0.2) is 60.7 Å². The summed E-state index contributed by atoms with van der Waals surface area (Å²) in [5.41, 5.74) is 3.02. The minimum Gasteiger partial charge on any atom is -0.0881 e. The van der Waals surface area contributed by atoms with Gasteiger partial charge in [0.2, 0.25) is 0 Å². The van der Waals surface area contributed by atoms with Crippen molar-refractivity contribution in [1.82, 2.24) is 12.9 Å². The average Bonchev–Trinajstić information content (AvgIpc) is 3.27. The number of piperidine rings is 2.